The minimum Gasteiger partial charge on any atom is -0.489 e. The molecule has 0 unspecified atom stereocenters. The number of nitrogens with two attached hydrogens (primary N) is 1. The quantitative estimate of drug-likeness (QED) is 0.464. The lowest BCUT2D eigenvalue weighted by atomic mass is 10.1. The highest BCUT2D eigenvalue weighted by Crippen LogP contribution is 2.25. The molecule has 0 aliphatic carbocycles. The zero-order chi connectivity index (χ0) is 18.3. The normalized spacial score (nSPS) is 11.3. The fraction of sp³-hybridized carbons (Fsp3) is 0.125. The number of alkyl halides is 3. The smallest absolute Gasteiger partial charge is 0.489 e. The van der Waals surface area contributed by atoms with E-state index in [-0.39, 0.29) is 17.5 Å². The van der Waals surface area contributed by atoms with Crippen molar-refractivity contribution >= 4 is 23.5 Å². The SMILES string of the molecule is NC(=S)NN=Cc1cccc(COc2ccc(OC(F)(F)F)cc2)c1. The average Bonchev–Trinajstić information content (AvgIpc) is 2.53. The third-order valence-corrected chi connectivity index (χ3v) is 2.89. The molecule has 0 saturated carbocycles. The van der Waals surface area contributed by atoms with Crippen molar-refractivity contribution in [3.05, 3.63) is 59.7 Å². The molecule has 0 amide bonds. The van der Waals surface area contributed by atoms with Crippen LogP contribution < -0.4 is 20.6 Å². The molecule has 0 atom stereocenters. The van der Waals surface area contributed by atoms with E-state index in [1.165, 1.54) is 24.3 Å². The van der Waals surface area contributed by atoms with Crippen LogP contribution >= 0.6 is 12.2 Å². The number of hydrogen-bond donors (Lipinski definition) is 2. The number of rotatable bonds is 6. The van der Waals surface area contributed by atoms with E-state index in [1.54, 1.807) is 6.21 Å². The van der Waals surface area contributed by atoms with E-state index < -0.39 is 6.36 Å². The van der Waals surface area contributed by atoms with Gasteiger partial charge in [-0.15, -0.1) is 13.2 Å². The molecular formula is C16H14F3N3O2S. The molecule has 0 radical (unpaired) electrons. The zero-order valence-electron chi connectivity index (χ0n) is 12.8. The molecule has 9 heteroatoms. The van der Waals surface area contributed by atoms with Gasteiger partial charge in [-0.2, -0.15) is 5.10 Å². The minimum atomic E-state index is -4.72. The Balaban J connectivity index is 1.92. The lowest BCUT2D eigenvalue weighted by molar-refractivity contribution is -0.274. The van der Waals surface area contributed by atoms with E-state index >= 15 is 0 Å². The van der Waals surface area contributed by atoms with Crippen molar-refractivity contribution in [1.82, 2.24) is 5.43 Å². The van der Waals surface area contributed by atoms with Crippen LogP contribution in [0.1, 0.15) is 11.1 Å². The summed E-state index contributed by atoms with van der Waals surface area (Å²) in [6, 6.07) is 12.5. The Hall–Kier alpha value is -2.81. The van der Waals surface area contributed by atoms with Gasteiger partial charge in [-0.3, -0.25) is 5.43 Å². The highest BCUT2D eigenvalue weighted by Gasteiger charge is 2.30. The Kier molecular flexibility index (Phi) is 6.18. The van der Waals surface area contributed by atoms with E-state index in [2.05, 4.69) is 27.5 Å². The molecule has 0 spiro atoms. The predicted octanol–water partition coefficient (Wildman–Crippen LogP) is 3.33. The molecule has 0 heterocycles. The van der Waals surface area contributed by atoms with Crippen LogP contribution in [0.4, 0.5) is 13.2 Å². The van der Waals surface area contributed by atoms with Crippen LogP contribution in [-0.4, -0.2) is 17.7 Å². The third-order valence-electron chi connectivity index (χ3n) is 2.80. The van der Waals surface area contributed by atoms with Crippen LogP contribution in [0.15, 0.2) is 53.6 Å². The van der Waals surface area contributed by atoms with Crippen molar-refractivity contribution in [3.8, 4) is 11.5 Å². The second kappa shape index (κ2) is 8.34. The molecule has 0 aromatic heterocycles. The third kappa shape index (κ3) is 7.08. The first-order valence-corrected chi connectivity index (χ1v) is 7.39. The number of hydrazone groups is 1. The summed E-state index contributed by atoms with van der Waals surface area (Å²) < 4.78 is 45.6. The first kappa shape index (κ1) is 18.5. The molecule has 25 heavy (non-hydrogen) atoms. The molecule has 0 fully saturated rings. The summed E-state index contributed by atoms with van der Waals surface area (Å²) in [6.07, 6.45) is -3.17. The van der Waals surface area contributed by atoms with Crippen molar-refractivity contribution in [2.45, 2.75) is 13.0 Å². The van der Waals surface area contributed by atoms with Gasteiger partial charge in [0, 0.05) is 0 Å². The summed E-state index contributed by atoms with van der Waals surface area (Å²) in [5.74, 6) is 0.118. The molecule has 5 nitrogen and oxygen atoms in total. The minimum absolute atomic E-state index is 0.0636. The van der Waals surface area contributed by atoms with Gasteiger partial charge in [0.05, 0.1) is 6.21 Å². The molecule has 132 valence electrons. The van der Waals surface area contributed by atoms with Crippen LogP contribution in [0.5, 0.6) is 11.5 Å². The maximum atomic E-state index is 12.1. The summed E-state index contributed by atoms with van der Waals surface area (Å²) >= 11 is 4.63. The van der Waals surface area contributed by atoms with Crippen LogP contribution in [0.3, 0.4) is 0 Å². The van der Waals surface area contributed by atoms with Gasteiger partial charge in [0.1, 0.15) is 18.1 Å². The summed E-state index contributed by atoms with van der Waals surface area (Å²) in [4.78, 5) is 0. The molecular weight excluding hydrogens is 355 g/mol. The lowest BCUT2D eigenvalue weighted by Crippen LogP contribution is -2.23. The van der Waals surface area contributed by atoms with Gasteiger partial charge < -0.3 is 15.2 Å². The van der Waals surface area contributed by atoms with Crippen molar-refractivity contribution in [1.29, 1.82) is 0 Å². The molecule has 3 N–H and O–H groups in total. The van der Waals surface area contributed by atoms with Crippen LogP contribution in [0.25, 0.3) is 0 Å². The fourth-order valence-electron chi connectivity index (χ4n) is 1.84. The van der Waals surface area contributed by atoms with Gasteiger partial charge in [0.25, 0.3) is 0 Å². The van der Waals surface area contributed by atoms with E-state index in [0.717, 1.165) is 11.1 Å². The van der Waals surface area contributed by atoms with Crippen LogP contribution in [0, 0.1) is 0 Å². The number of benzene rings is 2. The molecule has 2 aromatic carbocycles. The highest BCUT2D eigenvalue weighted by molar-refractivity contribution is 7.80. The molecule has 0 saturated heterocycles. The van der Waals surface area contributed by atoms with Crippen molar-refractivity contribution < 1.29 is 22.6 Å². The largest absolute Gasteiger partial charge is 0.573 e. The second-order valence-corrected chi connectivity index (χ2v) is 5.23. The average molecular weight is 369 g/mol. The number of halogens is 3. The van der Waals surface area contributed by atoms with Gasteiger partial charge >= 0.3 is 6.36 Å². The lowest BCUT2D eigenvalue weighted by Gasteiger charge is -2.10. The number of thiocarbonyl (C=S) groups is 1. The maximum Gasteiger partial charge on any atom is 0.573 e. The van der Waals surface area contributed by atoms with E-state index in [0.29, 0.717) is 5.75 Å². The van der Waals surface area contributed by atoms with E-state index in [9.17, 15) is 13.2 Å². The predicted molar refractivity (Wildman–Crippen MR) is 91.4 cm³/mol. The number of nitrogens with zero attached hydrogens (tertiary/aromatic N) is 1. The van der Waals surface area contributed by atoms with Crippen molar-refractivity contribution in [3.63, 3.8) is 0 Å². The highest BCUT2D eigenvalue weighted by atomic mass is 32.1. The summed E-state index contributed by atoms with van der Waals surface area (Å²) in [5.41, 5.74) is 9.37. The summed E-state index contributed by atoms with van der Waals surface area (Å²) in [5, 5.41) is 3.92. The van der Waals surface area contributed by atoms with E-state index in [4.69, 9.17) is 10.5 Å². The molecule has 0 bridgehead atoms. The van der Waals surface area contributed by atoms with Crippen molar-refractivity contribution in [2.75, 3.05) is 0 Å². The molecule has 2 aromatic rings. The summed E-state index contributed by atoms with van der Waals surface area (Å²) in [6.45, 7) is 0.240. The van der Waals surface area contributed by atoms with Gasteiger partial charge in [-0.1, -0.05) is 18.2 Å². The Morgan fingerprint density at radius 2 is 1.84 bits per heavy atom. The zero-order valence-corrected chi connectivity index (χ0v) is 13.6. The van der Waals surface area contributed by atoms with Gasteiger partial charge in [0.15, 0.2) is 5.11 Å². The van der Waals surface area contributed by atoms with Gasteiger partial charge in [-0.25, -0.2) is 0 Å². The Morgan fingerprint density at radius 1 is 1.16 bits per heavy atom. The molecule has 0 aliphatic rings. The van der Waals surface area contributed by atoms with Crippen molar-refractivity contribution in [2.24, 2.45) is 10.8 Å². The number of ether oxygens (including phenoxy) is 2. The maximum absolute atomic E-state index is 12.1. The Labute approximate surface area is 147 Å². The first-order chi connectivity index (χ1) is 11.8. The Bertz CT molecular complexity index is 749. The monoisotopic (exact) mass is 369 g/mol. The van der Waals surface area contributed by atoms with Gasteiger partial charge in [-0.05, 0) is 53.7 Å². The fourth-order valence-corrected chi connectivity index (χ4v) is 1.89. The van der Waals surface area contributed by atoms with Crippen LogP contribution in [-0.2, 0) is 6.61 Å². The number of nitrogens with one attached hydrogen (secondary N) is 1. The first-order valence-electron chi connectivity index (χ1n) is 6.98. The van der Waals surface area contributed by atoms with Gasteiger partial charge in [0.2, 0.25) is 0 Å². The standard InChI is InChI=1S/C16H14F3N3O2S/c17-16(18,19)24-14-6-4-13(5-7-14)23-10-12-3-1-2-11(8-12)9-21-22-15(20)25/h1-9H,10H2,(H3,20,22,25). The number of hydrogen-bond acceptors (Lipinski definition) is 4. The molecule has 0 aliphatic heterocycles. The second-order valence-electron chi connectivity index (χ2n) is 4.79. The topological polar surface area (TPSA) is 68.9 Å². The van der Waals surface area contributed by atoms with E-state index in [1.807, 2.05) is 24.3 Å². The molecule has 2 rings (SSSR count). The van der Waals surface area contributed by atoms with Crippen LogP contribution in [0.2, 0.25) is 0 Å². The summed E-state index contributed by atoms with van der Waals surface area (Å²) in [7, 11) is 0. The Morgan fingerprint density at radius 3 is 2.48 bits per heavy atom.